The molecule has 1 aromatic carbocycles. The van der Waals surface area contributed by atoms with Gasteiger partial charge in [-0.25, -0.2) is 0 Å². The van der Waals surface area contributed by atoms with Crippen LogP contribution in [-0.4, -0.2) is 0 Å². The third-order valence-electron chi connectivity index (χ3n) is 2.70. The highest BCUT2D eigenvalue weighted by molar-refractivity contribution is 5.65. The molecular weight excluding hydrogens is 156 g/mol. The van der Waals surface area contributed by atoms with Crippen LogP contribution in [-0.2, 0) is 0 Å². The van der Waals surface area contributed by atoms with Crippen LogP contribution in [0.5, 0.6) is 0 Å². The van der Waals surface area contributed by atoms with E-state index in [0.717, 1.165) is 5.92 Å². The van der Waals surface area contributed by atoms with Crippen LogP contribution in [0.2, 0.25) is 0 Å². The van der Waals surface area contributed by atoms with Gasteiger partial charge < -0.3 is 0 Å². The van der Waals surface area contributed by atoms with Gasteiger partial charge >= 0.3 is 0 Å². The number of rotatable bonds is 3. The maximum Gasteiger partial charge on any atom is -0.0228 e. The van der Waals surface area contributed by atoms with E-state index in [-0.39, 0.29) is 0 Å². The maximum absolute atomic E-state index is 2.26. The lowest BCUT2D eigenvalue weighted by Crippen LogP contribution is -1.85. The summed E-state index contributed by atoms with van der Waals surface area (Å²) in [7, 11) is 0. The molecule has 0 heteroatoms. The first-order valence-electron chi connectivity index (χ1n) is 5.11. The molecule has 0 radical (unpaired) electrons. The number of hydrogen-bond donors (Lipinski definition) is 0. The van der Waals surface area contributed by atoms with Crippen molar-refractivity contribution in [2.45, 2.75) is 26.2 Å². The van der Waals surface area contributed by atoms with E-state index in [4.69, 9.17) is 0 Å². The molecule has 1 aromatic rings. The molecule has 68 valence electrons. The Morgan fingerprint density at radius 2 is 2.00 bits per heavy atom. The SMILES string of the molecule is C/C=C(/CC1CC1)c1ccccc1. The summed E-state index contributed by atoms with van der Waals surface area (Å²) in [5, 5.41) is 0. The topological polar surface area (TPSA) is 0 Å². The smallest absolute Gasteiger partial charge is 0.0228 e. The van der Waals surface area contributed by atoms with Gasteiger partial charge in [-0.1, -0.05) is 36.4 Å². The summed E-state index contributed by atoms with van der Waals surface area (Å²) in [5.74, 6) is 0.978. The predicted molar refractivity (Wildman–Crippen MR) is 57.4 cm³/mol. The minimum Gasteiger partial charge on any atom is -0.0838 e. The fourth-order valence-corrected chi connectivity index (χ4v) is 1.69. The summed E-state index contributed by atoms with van der Waals surface area (Å²) >= 11 is 0. The van der Waals surface area contributed by atoms with Gasteiger partial charge in [-0.05, 0) is 43.2 Å². The van der Waals surface area contributed by atoms with Crippen LogP contribution >= 0.6 is 0 Å². The van der Waals surface area contributed by atoms with Crippen LogP contribution in [0.15, 0.2) is 36.4 Å². The van der Waals surface area contributed by atoms with Crippen LogP contribution in [0, 0.1) is 5.92 Å². The van der Waals surface area contributed by atoms with Crippen molar-refractivity contribution in [2.24, 2.45) is 5.92 Å². The van der Waals surface area contributed by atoms with Gasteiger partial charge in [-0.3, -0.25) is 0 Å². The highest BCUT2D eigenvalue weighted by Gasteiger charge is 2.22. The normalized spacial score (nSPS) is 17.5. The first kappa shape index (κ1) is 8.55. The molecule has 0 spiro atoms. The lowest BCUT2D eigenvalue weighted by atomic mass is 10.0. The Kier molecular flexibility index (Phi) is 2.49. The van der Waals surface area contributed by atoms with E-state index in [0.29, 0.717) is 0 Å². The molecule has 0 aliphatic heterocycles. The fourth-order valence-electron chi connectivity index (χ4n) is 1.69. The highest BCUT2D eigenvalue weighted by atomic mass is 14.3. The average Bonchev–Trinajstić information content (AvgIpc) is 2.99. The zero-order chi connectivity index (χ0) is 9.10. The Labute approximate surface area is 80.3 Å². The molecule has 0 N–H and O–H groups in total. The van der Waals surface area contributed by atoms with Gasteiger partial charge in [0.1, 0.15) is 0 Å². The van der Waals surface area contributed by atoms with Gasteiger partial charge in [0.2, 0.25) is 0 Å². The zero-order valence-corrected chi connectivity index (χ0v) is 8.16. The molecule has 0 atom stereocenters. The quantitative estimate of drug-likeness (QED) is 0.649. The standard InChI is InChI=1S/C13H16/c1-2-12(10-11-8-9-11)13-6-4-3-5-7-13/h2-7,11H,8-10H2,1H3/b12-2-. The lowest BCUT2D eigenvalue weighted by molar-refractivity contribution is 0.876. The molecule has 0 unspecified atom stereocenters. The first-order valence-corrected chi connectivity index (χ1v) is 5.11. The van der Waals surface area contributed by atoms with Crippen molar-refractivity contribution < 1.29 is 0 Å². The maximum atomic E-state index is 2.26. The summed E-state index contributed by atoms with van der Waals surface area (Å²) in [6.45, 7) is 2.14. The van der Waals surface area contributed by atoms with E-state index in [9.17, 15) is 0 Å². The molecule has 0 heterocycles. The van der Waals surface area contributed by atoms with Crippen LogP contribution < -0.4 is 0 Å². The summed E-state index contributed by atoms with van der Waals surface area (Å²) < 4.78 is 0. The van der Waals surface area contributed by atoms with Crippen molar-refractivity contribution in [3.8, 4) is 0 Å². The molecule has 1 saturated carbocycles. The van der Waals surface area contributed by atoms with Crippen molar-refractivity contribution in [1.82, 2.24) is 0 Å². The Morgan fingerprint density at radius 1 is 1.31 bits per heavy atom. The van der Waals surface area contributed by atoms with Gasteiger partial charge in [0.15, 0.2) is 0 Å². The summed E-state index contributed by atoms with van der Waals surface area (Å²) in [6, 6.07) is 10.7. The summed E-state index contributed by atoms with van der Waals surface area (Å²) in [5.41, 5.74) is 2.92. The van der Waals surface area contributed by atoms with Gasteiger partial charge in [-0.15, -0.1) is 0 Å². The largest absolute Gasteiger partial charge is 0.0838 e. The Hall–Kier alpha value is -1.04. The number of benzene rings is 1. The number of allylic oxidation sites excluding steroid dienone is 2. The number of hydrogen-bond acceptors (Lipinski definition) is 0. The molecule has 0 saturated heterocycles. The van der Waals surface area contributed by atoms with Gasteiger partial charge in [0.25, 0.3) is 0 Å². The van der Waals surface area contributed by atoms with Crippen LogP contribution in [0.3, 0.4) is 0 Å². The molecule has 0 aromatic heterocycles. The van der Waals surface area contributed by atoms with E-state index < -0.39 is 0 Å². The van der Waals surface area contributed by atoms with Gasteiger partial charge in [0, 0.05) is 0 Å². The van der Waals surface area contributed by atoms with E-state index in [1.54, 1.807) is 0 Å². The van der Waals surface area contributed by atoms with E-state index in [1.807, 2.05) is 0 Å². The zero-order valence-electron chi connectivity index (χ0n) is 8.16. The van der Waals surface area contributed by atoms with E-state index in [1.165, 1.54) is 30.4 Å². The molecule has 2 rings (SSSR count). The molecule has 1 fully saturated rings. The predicted octanol–water partition coefficient (Wildman–Crippen LogP) is 3.89. The molecule has 1 aliphatic rings. The minimum absolute atomic E-state index is 0.978. The van der Waals surface area contributed by atoms with E-state index in [2.05, 4.69) is 43.3 Å². The van der Waals surface area contributed by atoms with Crippen molar-refractivity contribution in [3.63, 3.8) is 0 Å². The van der Waals surface area contributed by atoms with Crippen molar-refractivity contribution in [3.05, 3.63) is 42.0 Å². The summed E-state index contributed by atoms with van der Waals surface area (Å²) in [6.07, 6.45) is 6.41. The third-order valence-corrected chi connectivity index (χ3v) is 2.70. The van der Waals surface area contributed by atoms with E-state index >= 15 is 0 Å². The summed E-state index contributed by atoms with van der Waals surface area (Å²) in [4.78, 5) is 0. The van der Waals surface area contributed by atoms with Gasteiger partial charge in [0.05, 0.1) is 0 Å². The second-order valence-corrected chi connectivity index (χ2v) is 3.83. The highest BCUT2D eigenvalue weighted by Crippen LogP contribution is 2.37. The minimum atomic E-state index is 0.978. The fraction of sp³-hybridized carbons (Fsp3) is 0.385. The van der Waals surface area contributed by atoms with Crippen LogP contribution in [0.1, 0.15) is 31.7 Å². The first-order chi connectivity index (χ1) is 6.40. The van der Waals surface area contributed by atoms with Crippen LogP contribution in [0.25, 0.3) is 5.57 Å². The Balaban J connectivity index is 2.12. The monoisotopic (exact) mass is 172 g/mol. The molecule has 13 heavy (non-hydrogen) atoms. The second kappa shape index (κ2) is 3.78. The Bertz CT molecular complexity index is 291. The lowest BCUT2D eigenvalue weighted by Gasteiger charge is -2.05. The van der Waals surface area contributed by atoms with Crippen molar-refractivity contribution >= 4 is 5.57 Å². The van der Waals surface area contributed by atoms with Gasteiger partial charge in [-0.2, -0.15) is 0 Å². The molecule has 0 amide bonds. The Morgan fingerprint density at radius 3 is 2.54 bits per heavy atom. The van der Waals surface area contributed by atoms with Crippen molar-refractivity contribution in [1.29, 1.82) is 0 Å². The average molecular weight is 172 g/mol. The molecular formula is C13H16. The van der Waals surface area contributed by atoms with Crippen molar-refractivity contribution in [2.75, 3.05) is 0 Å². The third kappa shape index (κ3) is 2.21. The molecule has 0 bridgehead atoms. The molecule has 0 nitrogen and oxygen atoms in total. The second-order valence-electron chi connectivity index (χ2n) is 3.83. The van der Waals surface area contributed by atoms with Crippen LogP contribution in [0.4, 0.5) is 0 Å². The molecule has 1 aliphatic carbocycles.